The van der Waals surface area contributed by atoms with Crippen molar-refractivity contribution in [2.45, 2.75) is 39.2 Å². The number of rotatable bonds is 3. The van der Waals surface area contributed by atoms with Gasteiger partial charge in [-0.25, -0.2) is 0 Å². The molecule has 1 aliphatic rings. The highest BCUT2D eigenvalue weighted by molar-refractivity contribution is 5.78. The molecule has 0 aromatic heterocycles. The number of nitrogens with zero attached hydrogens (tertiary/aromatic N) is 1. The maximum atomic E-state index is 12.1. The van der Waals surface area contributed by atoms with Gasteiger partial charge < -0.3 is 15.4 Å². The zero-order chi connectivity index (χ0) is 13.8. The number of amides is 1. The van der Waals surface area contributed by atoms with Crippen LogP contribution in [-0.2, 0) is 4.79 Å². The molecule has 1 atom stereocenters. The Balaban J connectivity index is 1.92. The van der Waals surface area contributed by atoms with Gasteiger partial charge in [0.25, 0.3) is 5.91 Å². The SMILES string of the molecule is Cc1cc(N)ccc1OCC(=O)N1CCCCC1C. The lowest BCUT2D eigenvalue weighted by Crippen LogP contribution is -2.44. The highest BCUT2D eigenvalue weighted by Crippen LogP contribution is 2.21. The highest BCUT2D eigenvalue weighted by Gasteiger charge is 2.23. The molecule has 1 aromatic carbocycles. The fourth-order valence-electron chi connectivity index (χ4n) is 2.53. The molecule has 1 saturated heterocycles. The van der Waals surface area contributed by atoms with Gasteiger partial charge in [0.1, 0.15) is 5.75 Å². The van der Waals surface area contributed by atoms with Gasteiger partial charge in [-0.05, 0) is 56.9 Å². The number of carbonyl (C=O) groups is 1. The van der Waals surface area contributed by atoms with E-state index in [0.29, 0.717) is 11.7 Å². The minimum Gasteiger partial charge on any atom is -0.483 e. The van der Waals surface area contributed by atoms with Crippen molar-refractivity contribution in [2.75, 3.05) is 18.9 Å². The quantitative estimate of drug-likeness (QED) is 0.851. The van der Waals surface area contributed by atoms with Crippen molar-refractivity contribution in [1.82, 2.24) is 4.90 Å². The lowest BCUT2D eigenvalue weighted by molar-refractivity contribution is -0.136. The number of benzene rings is 1. The van der Waals surface area contributed by atoms with Crippen LogP contribution in [0.3, 0.4) is 0 Å². The lowest BCUT2D eigenvalue weighted by Gasteiger charge is -2.33. The van der Waals surface area contributed by atoms with Crippen molar-refractivity contribution in [2.24, 2.45) is 0 Å². The number of nitrogen functional groups attached to an aromatic ring is 1. The Hall–Kier alpha value is -1.71. The molecule has 0 aliphatic carbocycles. The average molecular weight is 262 g/mol. The number of piperidine rings is 1. The average Bonchev–Trinajstić information content (AvgIpc) is 2.38. The first-order valence-electron chi connectivity index (χ1n) is 6.86. The monoisotopic (exact) mass is 262 g/mol. The topological polar surface area (TPSA) is 55.6 Å². The first-order valence-corrected chi connectivity index (χ1v) is 6.86. The van der Waals surface area contributed by atoms with Crippen molar-refractivity contribution >= 4 is 11.6 Å². The number of anilines is 1. The molecular formula is C15H22N2O2. The Morgan fingerprint density at radius 3 is 2.95 bits per heavy atom. The summed E-state index contributed by atoms with van der Waals surface area (Å²) in [5, 5.41) is 0. The van der Waals surface area contributed by atoms with Crippen LogP contribution in [0, 0.1) is 6.92 Å². The molecule has 1 fully saturated rings. The van der Waals surface area contributed by atoms with E-state index in [4.69, 9.17) is 10.5 Å². The van der Waals surface area contributed by atoms with Crippen molar-refractivity contribution in [3.8, 4) is 5.75 Å². The fraction of sp³-hybridized carbons (Fsp3) is 0.533. The largest absolute Gasteiger partial charge is 0.483 e. The van der Waals surface area contributed by atoms with E-state index in [9.17, 15) is 4.79 Å². The summed E-state index contributed by atoms with van der Waals surface area (Å²) >= 11 is 0. The molecule has 1 heterocycles. The van der Waals surface area contributed by atoms with Crippen LogP contribution in [-0.4, -0.2) is 30.0 Å². The smallest absolute Gasteiger partial charge is 0.260 e. The van der Waals surface area contributed by atoms with Gasteiger partial charge in [0.05, 0.1) is 0 Å². The molecular weight excluding hydrogens is 240 g/mol. The molecule has 0 bridgehead atoms. The van der Waals surface area contributed by atoms with E-state index in [0.717, 1.165) is 30.7 Å². The molecule has 1 amide bonds. The number of aryl methyl sites for hydroxylation is 1. The van der Waals surface area contributed by atoms with Crippen LogP contribution in [0.15, 0.2) is 18.2 Å². The normalized spacial score (nSPS) is 19.3. The third kappa shape index (κ3) is 3.40. The minimum atomic E-state index is 0.0726. The summed E-state index contributed by atoms with van der Waals surface area (Å²) in [4.78, 5) is 14.1. The van der Waals surface area contributed by atoms with Crippen LogP contribution in [0.2, 0.25) is 0 Å². The van der Waals surface area contributed by atoms with Crippen molar-refractivity contribution in [3.05, 3.63) is 23.8 Å². The summed E-state index contributed by atoms with van der Waals surface area (Å²) in [5.74, 6) is 0.802. The zero-order valence-electron chi connectivity index (χ0n) is 11.7. The highest BCUT2D eigenvalue weighted by atomic mass is 16.5. The predicted molar refractivity (Wildman–Crippen MR) is 76.1 cm³/mol. The van der Waals surface area contributed by atoms with Crippen LogP contribution in [0.25, 0.3) is 0 Å². The summed E-state index contributed by atoms with van der Waals surface area (Å²) in [6.07, 6.45) is 3.40. The van der Waals surface area contributed by atoms with E-state index in [1.807, 2.05) is 24.0 Å². The molecule has 1 aromatic rings. The molecule has 1 aliphatic heterocycles. The van der Waals surface area contributed by atoms with E-state index < -0.39 is 0 Å². The van der Waals surface area contributed by atoms with Crippen LogP contribution in [0.5, 0.6) is 5.75 Å². The second kappa shape index (κ2) is 5.95. The van der Waals surface area contributed by atoms with Gasteiger partial charge in [-0.15, -0.1) is 0 Å². The Kier molecular flexibility index (Phi) is 4.30. The molecule has 0 spiro atoms. The number of nitrogens with two attached hydrogens (primary N) is 1. The molecule has 2 N–H and O–H groups in total. The first kappa shape index (κ1) is 13.7. The third-order valence-corrected chi connectivity index (χ3v) is 3.67. The van der Waals surface area contributed by atoms with E-state index in [1.54, 1.807) is 6.07 Å². The summed E-state index contributed by atoms with van der Waals surface area (Å²) < 4.78 is 5.61. The van der Waals surface area contributed by atoms with E-state index in [-0.39, 0.29) is 12.5 Å². The number of hydrogen-bond donors (Lipinski definition) is 1. The van der Waals surface area contributed by atoms with Crippen LogP contribution in [0.1, 0.15) is 31.7 Å². The zero-order valence-corrected chi connectivity index (χ0v) is 11.7. The number of ether oxygens (including phenoxy) is 1. The van der Waals surface area contributed by atoms with Gasteiger partial charge in [-0.1, -0.05) is 0 Å². The molecule has 0 saturated carbocycles. The standard InChI is InChI=1S/C15H22N2O2/c1-11-9-13(16)6-7-14(11)19-10-15(18)17-8-4-3-5-12(17)2/h6-7,9,12H,3-5,8,10,16H2,1-2H3. The van der Waals surface area contributed by atoms with Crippen molar-refractivity contribution in [1.29, 1.82) is 0 Å². The molecule has 4 heteroatoms. The maximum Gasteiger partial charge on any atom is 0.260 e. The van der Waals surface area contributed by atoms with Gasteiger partial charge in [0, 0.05) is 18.3 Å². The second-order valence-electron chi connectivity index (χ2n) is 5.25. The minimum absolute atomic E-state index is 0.0726. The van der Waals surface area contributed by atoms with Gasteiger partial charge in [-0.3, -0.25) is 4.79 Å². The molecule has 19 heavy (non-hydrogen) atoms. The van der Waals surface area contributed by atoms with Crippen molar-refractivity contribution in [3.63, 3.8) is 0 Å². The number of carbonyl (C=O) groups excluding carboxylic acids is 1. The Labute approximate surface area is 114 Å². The summed E-state index contributed by atoms with van der Waals surface area (Å²) in [6.45, 7) is 4.99. The van der Waals surface area contributed by atoms with Gasteiger partial charge in [0.15, 0.2) is 6.61 Å². The van der Waals surface area contributed by atoms with Gasteiger partial charge in [0.2, 0.25) is 0 Å². The Morgan fingerprint density at radius 1 is 1.47 bits per heavy atom. The number of likely N-dealkylation sites (tertiary alicyclic amines) is 1. The molecule has 2 rings (SSSR count). The molecule has 4 nitrogen and oxygen atoms in total. The van der Waals surface area contributed by atoms with Crippen LogP contribution < -0.4 is 10.5 Å². The molecule has 104 valence electrons. The predicted octanol–water partition coefficient (Wildman–Crippen LogP) is 2.36. The molecule has 0 radical (unpaired) electrons. The van der Waals surface area contributed by atoms with Crippen LogP contribution >= 0.6 is 0 Å². The number of hydrogen-bond acceptors (Lipinski definition) is 3. The lowest BCUT2D eigenvalue weighted by atomic mass is 10.0. The Bertz CT molecular complexity index is 459. The van der Waals surface area contributed by atoms with E-state index >= 15 is 0 Å². The van der Waals surface area contributed by atoms with E-state index in [2.05, 4.69) is 6.92 Å². The second-order valence-corrected chi connectivity index (χ2v) is 5.25. The third-order valence-electron chi connectivity index (χ3n) is 3.67. The summed E-state index contributed by atoms with van der Waals surface area (Å²) in [5.41, 5.74) is 7.35. The van der Waals surface area contributed by atoms with Gasteiger partial charge >= 0.3 is 0 Å². The fourth-order valence-corrected chi connectivity index (χ4v) is 2.53. The summed E-state index contributed by atoms with van der Waals surface area (Å²) in [7, 11) is 0. The Morgan fingerprint density at radius 2 is 2.26 bits per heavy atom. The first-order chi connectivity index (χ1) is 9.08. The molecule has 1 unspecified atom stereocenters. The summed E-state index contributed by atoms with van der Waals surface area (Å²) in [6, 6.07) is 5.79. The maximum absolute atomic E-state index is 12.1. The van der Waals surface area contributed by atoms with Gasteiger partial charge in [-0.2, -0.15) is 0 Å². The van der Waals surface area contributed by atoms with E-state index in [1.165, 1.54) is 6.42 Å². The van der Waals surface area contributed by atoms with Crippen molar-refractivity contribution < 1.29 is 9.53 Å². The van der Waals surface area contributed by atoms with Crippen LogP contribution in [0.4, 0.5) is 5.69 Å².